The number of benzene rings is 1. The van der Waals surface area contributed by atoms with Gasteiger partial charge in [0, 0.05) is 5.56 Å². The molecule has 0 spiro atoms. The second-order valence-corrected chi connectivity index (χ2v) is 5.57. The lowest BCUT2D eigenvalue weighted by Crippen LogP contribution is -2.33. The van der Waals surface area contributed by atoms with Crippen molar-refractivity contribution in [3.05, 3.63) is 35.9 Å². The van der Waals surface area contributed by atoms with Crippen LogP contribution in [0, 0.1) is 0 Å². The minimum atomic E-state index is -1.63. The molecule has 1 aromatic rings. The summed E-state index contributed by atoms with van der Waals surface area (Å²) in [5, 5.41) is 10.3. The van der Waals surface area contributed by atoms with Crippen LogP contribution in [-0.4, -0.2) is 23.9 Å². The van der Waals surface area contributed by atoms with Gasteiger partial charge >= 0.3 is 5.97 Å². The molecular formula is C11H14O3S2. The molecule has 1 unspecified atom stereocenters. The van der Waals surface area contributed by atoms with Gasteiger partial charge in [0.2, 0.25) is 4.93 Å². The van der Waals surface area contributed by atoms with Crippen molar-refractivity contribution in [1.82, 2.24) is 0 Å². The van der Waals surface area contributed by atoms with E-state index in [0.717, 1.165) is 10.8 Å². The summed E-state index contributed by atoms with van der Waals surface area (Å²) in [7, 11) is 2.40. The number of hydrogen-bond donors (Lipinski definition) is 1. The largest absolute Gasteiger partial charge is 0.463 e. The average Bonchev–Trinajstić information content (AvgIpc) is 2.30. The third-order valence-corrected chi connectivity index (χ3v) is 3.95. The molecular weight excluding hydrogens is 244 g/mol. The summed E-state index contributed by atoms with van der Waals surface area (Å²) in [5.41, 5.74) is 0.535. The second-order valence-electron chi connectivity index (χ2n) is 2.98. The third-order valence-electron chi connectivity index (χ3n) is 1.92. The van der Waals surface area contributed by atoms with Gasteiger partial charge < -0.3 is 9.84 Å². The highest BCUT2D eigenvalue weighted by Crippen LogP contribution is 2.41. The van der Waals surface area contributed by atoms with Gasteiger partial charge in [-0.2, -0.15) is 0 Å². The second kappa shape index (κ2) is 6.18. The van der Waals surface area contributed by atoms with Crippen molar-refractivity contribution in [3.8, 4) is 0 Å². The number of esters is 1. The summed E-state index contributed by atoms with van der Waals surface area (Å²) in [6, 6.07) is 8.81. The molecule has 0 heterocycles. The van der Waals surface area contributed by atoms with Gasteiger partial charge in [-0.05, 0) is 24.0 Å². The lowest BCUT2D eigenvalue weighted by Gasteiger charge is -2.24. The maximum absolute atomic E-state index is 11.7. The van der Waals surface area contributed by atoms with Crippen LogP contribution in [0.2, 0.25) is 0 Å². The zero-order chi connectivity index (χ0) is 12.0. The molecule has 1 N–H and O–H groups in total. The van der Waals surface area contributed by atoms with Crippen LogP contribution in [0.1, 0.15) is 12.5 Å². The van der Waals surface area contributed by atoms with Crippen LogP contribution in [0.5, 0.6) is 0 Å². The molecule has 0 saturated carbocycles. The van der Waals surface area contributed by atoms with Gasteiger partial charge in [-0.15, -0.1) is 0 Å². The molecule has 0 aliphatic carbocycles. The van der Waals surface area contributed by atoms with Crippen LogP contribution in [0.25, 0.3) is 0 Å². The fourth-order valence-corrected chi connectivity index (χ4v) is 3.03. The molecule has 0 saturated heterocycles. The van der Waals surface area contributed by atoms with E-state index >= 15 is 0 Å². The number of carbonyl (C=O) groups is 1. The van der Waals surface area contributed by atoms with Gasteiger partial charge in [0.15, 0.2) is 0 Å². The predicted octanol–water partition coefficient (Wildman–Crippen LogP) is 2.41. The van der Waals surface area contributed by atoms with Crippen molar-refractivity contribution in [2.75, 3.05) is 12.9 Å². The van der Waals surface area contributed by atoms with Crippen LogP contribution in [0.3, 0.4) is 0 Å². The van der Waals surface area contributed by atoms with E-state index in [2.05, 4.69) is 0 Å². The standard InChI is InChI=1S/C11H14O3S2/c1-3-14-10(12)11(13,16-15-2)9-7-5-4-6-8-9/h4-8,13H,3H2,1-2H3. The molecule has 16 heavy (non-hydrogen) atoms. The zero-order valence-corrected chi connectivity index (χ0v) is 10.8. The Morgan fingerprint density at radius 2 is 2.06 bits per heavy atom. The smallest absolute Gasteiger partial charge is 0.354 e. The summed E-state index contributed by atoms with van der Waals surface area (Å²) in [6.07, 6.45) is 1.80. The maximum Gasteiger partial charge on any atom is 0.354 e. The van der Waals surface area contributed by atoms with Crippen molar-refractivity contribution in [2.24, 2.45) is 0 Å². The molecule has 0 aliphatic heterocycles. The van der Waals surface area contributed by atoms with Crippen LogP contribution in [0.4, 0.5) is 0 Å². The monoisotopic (exact) mass is 258 g/mol. The van der Waals surface area contributed by atoms with E-state index in [-0.39, 0.29) is 6.61 Å². The summed E-state index contributed by atoms with van der Waals surface area (Å²) >= 11 is 0. The quantitative estimate of drug-likeness (QED) is 0.499. The molecule has 88 valence electrons. The first-order valence-electron chi connectivity index (χ1n) is 4.82. The molecule has 0 aliphatic rings. The van der Waals surface area contributed by atoms with E-state index in [1.54, 1.807) is 37.4 Å². The molecule has 3 nitrogen and oxygen atoms in total. The first-order valence-corrected chi connectivity index (χ1v) is 7.38. The molecule has 5 heteroatoms. The lowest BCUT2D eigenvalue weighted by atomic mass is 10.1. The Hall–Kier alpha value is -0.650. The van der Waals surface area contributed by atoms with Crippen molar-refractivity contribution in [2.45, 2.75) is 11.9 Å². The summed E-state index contributed by atoms with van der Waals surface area (Å²) in [4.78, 5) is 10.1. The lowest BCUT2D eigenvalue weighted by molar-refractivity contribution is -0.156. The highest BCUT2D eigenvalue weighted by molar-refractivity contribution is 8.76. The van der Waals surface area contributed by atoms with E-state index in [0.29, 0.717) is 5.56 Å². The Balaban J connectivity index is 3.01. The Morgan fingerprint density at radius 1 is 1.44 bits per heavy atom. The predicted molar refractivity (Wildman–Crippen MR) is 68.1 cm³/mol. The number of carbonyl (C=O) groups excluding carboxylic acids is 1. The van der Waals surface area contributed by atoms with Crippen molar-refractivity contribution >= 4 is 27.6 Å². The number of rotatable bonds is 5. The normalized spacial score (nSPS) is 14.2. The Bertz CT molecular complexity index is 342. The highest BCUT2D eigenvalue weighted by Gasteiger charge is 2.40. The Kier molecular flexibility index (Phi) is 5.18. The number of aliphatic hydroxyl groups is 1. The van der Waals surface area contributed by atoms with Gasteiger partial charge in [0.1, 0.15) is 0 Å². The minimum Gasteiger partial charge on any atom is -0.463 e. The van der Waals surface area contributed by atoms with Crippen LogP contribution in [0.15, 0.2) is 30.3 Å². The Morgan fingerprint density at radius 3 is 2.56 bits per heavy atom. The van der Waals surface area contributed by atoms with Gasteiger partial charge in [-0.1, -0.05) is 41.1 Å². The summed E-state index contributed by atoms with van der Waals surface area (Å²) in [6.45, 7) is 1.97. The molecule has 1 atom stereocenters. The Labute approximate surface area is 103 Å². The van der Waals surface area contributed by atoms with Crippen LogP contribution in [-0.2, 0) is 14.5 Å². The van der Waals surface area contributed by atoms with Gasteiger partial charge in [0.25, 0.3) is 0 Å². The van der Waals surface area contributed by atoms with Crippen molar-refractivity contribution in [1.29, 1.82) is 0 Å². The van der Waals surface area contributed by atoms with E-state index < -0.39 is 10.9 Å². The number of hydrogen-bond acceptors (Lipinski definition) is 5. The first kappa shape index (κ1) is 13.4. The molecule has 0 amide bonds. The fourth-order valence-electron chi connectivity index (χ4n) is 1.21. The molecule has 0 fully saturated rings. The summed E-state index contributed by atoms with van der Waals surface area (Å²) < 4.78 is 4.89. The average molecular weight is 258 g/mol. The molecule has 1 rings (SSSR count). The van der Waals surface area contributed by atoms with Crippen LogP contribution >= 0.6 is 21.6 Å². The molecule has 0 bridgehead atoms. The minimum absolute atomic E-state index is 0.253. The van der Waals surface area contributed by atoms with E-state index in [4.69, 9.17) is 4.74 Å². The third kappa shape index (κ3) is 2.93. The van der Waals surface area contributed by atoms with E-state index in [1.165, 1.54) is 10.8 Å². The van der Waals surface area contributed by atoms with Gasteiger partial charge in [0.05, 0.1) is 6.61 Å². The summed E-state index contributed by atoms with van der Waals surface area (Å²) in [5.74, 6) is -0.624. The fraction of sp³-hybridized carbons (Fsp3) is 0.364. The van der Waals surface area contributed by atoms with Gasteiger partial charge in [-0.25, -0.2) is 4.79 Å². The highest BCUT2D eigenvalue weighted by atomic mass is 33.1. The van der Waals surface area contributed by atoms with Crippen molar-refractivity contribution < 1.29 is 14.6 Å². The van der Waals surface area contributed by atoms with E-state index in [9.17, 15) is 9.90 Å². The van der Waals surface area contributed by atoms with E-state index in [1.807, 2.05) is 6.07 Å². The zero-order valence-electron chi connectivity index (χ0n) is 9.17. The maximum atomic E-state index is 11.7. The topological polar surface area (TPSA) is 46.5 Å². The molecule has 1 aromatic carbocycles. The van der Waals surface area contributed by atoms with Gasteiger partial charge in [-0.3, -0.25) is 0 Å². The first-order chi connectivity index (χ1) is 7.65. The SMILES string of the molecule is CCOC(=O)C(O)(SSC)c1ccccc1. The van der Waals surface area contributed by atoms with Crippen LogP contribution < -0.4 is 0 Å². The van der Waals surface area contributed by atoms with Crippen molar-refractivity contribution in [3.63, 3.8) is 0 Å². The molecule has 0 radical (unpaired) electrons. The number of ether oxygens (including phenoxy) is 1. The molecule has 0 aromatic heterocycles.